The molecule has 1 atom stereocenters. The second-order valence-corrected chi connectivity index (χ2v) is 4.83. The van der Waals surface area contributed by atoms with Gasteiger partial charge in [-0.1, -0.05) is 67.6 Å². The van der Waals surface area contributed by atoms with Crippen molar-refractivity contribution in [2.24, 2.45) is 0 Å². The lowest BCUT2D eigenvalue weighted by atomic mass is 9.84. The molecule has 0 saturated heterocycles. The molecule has 0 amide bonds. The van der Waals surface area contributed by atoms with Crippen LogP contribution in [0.25, 0.3) is 0 Å². The molecule has 1 nitrogen and oxygen atoms in total. The predicted octanol–water partition coefficient (Wildman–Crippen LogP) is 4.00. The fourth-order valence-electron chi connectivity index (χ4n) is 2.52. The zero-order chi connectivity index (χ0) is 14.4. The number of halogens is 2. The van der Waals surface area contributed by atoms with Crippen LogP contribution < -0.4 is 5.32 Å². The van der Waals surface area contributed by atoms with Gasteiger partial charge in [0.15, 0.2) is 0 Å². The maximum Gasteiger partial charge on any atom is 0.260 e. The highest BCUT2D eigenvalue weighted by Gasteiger charge is 2.40. The van der Waals surface area contributed by atoms with Gasteiger partial charge in [-0.25, -0.2) is 8.78 Å². The van der Waals surface area contributed by atoms with Gasteiger partial charge in [0, 0.05) is 6.42 Å². The van der Waals surface area contributed by atoms with E-state index < -0.39 is 12.0 Å². The molecule has 0 aliphatic heterocycles. The second-order valence-electron chi connectivity index (χ2n) is 4.83. The van der Waals surface area contributed by atoms with Crippen molar-refractivity contribution >= 4 is 0 Å². The number of alkyl halides is 2. The Morgan fingerprint density at radius 3 is 2.00 bits per heavy atom. The zero-order valence-electron chi connectivity index (χ0n) is 11.5. The average molecular weight is 275 g/mol. The highest BCUT2D eigenvalue weighted by molar-refractivity contribution is 5.30. The molecule has 0 aliphatic carbocycles. The van der Waals surface area contributed by atoms with Crippen LogP contribution in [0.3, 0.4) is 0 Å². The third-order valence-corrected chi connectivity index (χ3v) is 3.48. The molecule has 106 valence electrons. The monoisotopic (exact) mass is 275 g/mol. The van der Waals surface area contributed by atoms with Gasteiger partial charge in [0.25, 0.3) is 6.43 Å². The van der Waals surface area contributed by atoms with Crippen LogP contribution in [0.15, 0.2) is 60.7 Å². The summed E-state index contributed by atoms with van der Waals surface area (Å²) in [6, 6.07) is 18.4. The zero-order valence-corrected chi connectivity index (χ0v) is 11.5. The molecule has 0 aliphatic rings. The molecule has 2 rings (SSSR count). The maximum atomic E-state index is 13.9. The van der Waals surface area contributed by atoms with Crippen molar-refractivity contribution < 1.29 is 8.78 Å². The number of hydrogen-bond acceptors (Lipinski definition) is 1. The van der Waals surface area contributed by atoms with Gasteiger partial charge in [0.1, 0.15) is 5.54 Å². The van der Waals surface area contributed by atoms with E-state index in [2.05, 4.69) is 5.32 Å². The van der Waals surface area contributed by atoms with Gasteiger partial charge in [-0.3, -0.25) is 0 Å². The normalized spacial score (nSPS) is 14.2. The largest absolute Gasteiger partial charge is 0.303 e. The summed E-state index contributed by atoms with van der Waals surface area (Å²) in [7, 11) is 0. The number of rotatable bonds is 6. The summed E-state index contributed by atoms with van der Waals surface area (Å²) in [4.78, 5) is 0. The molecule has 0 spiro atoms. The molecule has 1 unspecified atom stereocenters. The molecule has 0 radical (unpaired) electrons. The van der Waals surface area contributed by atoms with E-state index in [1.807, 2.05) is 43.3 Å². The Balaban J connectivity index is 2.42. The minimum atomic E-state index is -2.48. The van der Waals surface area contributed by atoms with Gasteiger partial charge >= 0.3 is 0 Å². The fraction of sp³-hybridized carbons (Fsp3) is 0.294. The van der Waals surface area contributed by atoms with Crippen LogP contribution in [0.4, 0.5) is 8.78 Å². The van der Waals surface area contributed by atoms with E-state index >= 15 is 0 Å². The third kappa shape index (κ3) is 3.05. The van der Waals surface area contributed by atoms with Crippen molar-refractivity contribution in [2.45, 2.75) is 25.3 Å². The lowest BCUT2D eigenvalue weighted by Crippen LogP contribution is -2.50. The number of nitrogens with one attached hydrogen (secondary N) is 1. The maximum absolute atomic E-state index is 13.9. The van der Waals surface area contributed by atoms with Crippen molar-refractivity contribution in [1.29, 1.82) is 0 Å². The molecule has 20 heavy (non-hydrogen) atoms. The summed E-state index contributed by atoms with van der Waals surface area (Å²) >= 11 is 0. The van der Waals surface area contributed by atoms with Crippen LogP contribution >= 0.6 is 0 Å². The Bertz CT molecular complexity index is 513. The first-order valence-corrected chi connectivity index (χ1v) is 6.81. The SMILES string of the molecule is CCNC(Cc1ccccc1)(c1ccccc1)C(F)F. The van der Waals surface area contributed by atoms with Crippen molar-refractivity contribution in [1.82, 2.24) is 5.32 Å². The fourth-order valence-corrected chi connectivity index (χ4v) is 2.52. The van der Waals surface area contributed by atoms with E-state index in [1.54, 1.807) is 24.3 Å². The quantitative estimate of drug-likeness (QED) is 0.840. The van der Waals surface area contributed by atoms with E-state index in [1.165, 1.54) is 0 Å². The van der Waals surface area contributed by atoms with Gasteiger partial charge in [0.2, 0.25) is 0 Å². The van der Waals surface area contributed by atoms with Crippen molar-refractivity contribution in [2.75, 3.05) is 6.54 Å². The summed E-state index contributed by atoms with van der Waals surface area (Å²) in [5.41, 5.74) is 0.190. The average Bonchev–Trinajstić information content (AvgIpc) is 2.48. The number of benzene rings is 2. The summed E-state index contributed by atoms with van der Waals surface area (Å²) in [5.74, 6) is 0. The van der Waals surface area contributed by atoms with Gasteiger partial charge in [-0.15, -0.1) is 0 Å². The van der Waals surface area contributed by atoms with Gasteiger partial charge < -0.3 is 5.32 Å². The van der Waals surface area contributed by atoms with Gasteiger partial charge in [0.05, 0.1) is 0 Å². The van der Waals surface area contributed by atoms with Crippen LogP contribution in [0, 0.1) is 0 Å². The lowest BCUT2D eigenvalue weighted by Gasteiger charge is -2.34. The molecule has 0 bridgehead atoms. The molecule has 1 N–H and O–H groups in total. The first-order chi connectivity index (χ1) is 9.69. The summed E-state index contributed by atoms with van der Waals surface area (Å²) < 4.78 is 27.7. The van der Waals surface area contributed by atoms with Crippen LogP contribution in [0.1, 0.15) is 18.1 Å². The molecule has 3 heteroatoms. The highest BCUT2D eigenvalue weighted by atomic mass is 19.3. The van der Waals surface area contributed by atoms with Crippen LogP contribution in [0.5, 0.6) is 0 Å². The van der Waals surface area contributed by atoms with Crippen molar-refractivity contribution in [3.05, 3.63) is 71.8 Å². The molecular formula is C17H19F2N. The Morgan fingerprint density at radius 1 is 0.950 bits per heavy atom. The van der Waals surface area contributed by atoms with E-state index in [9.17, 15) is 8.78 Å². The molecule has 2 aromatic rings. The van der Waals surface area contributed by atoms with E-state index in [-0.39, 0.29) is 6.42 Å². The first-order valence-electron chi connectivity index (χ1n) is 6.81. The second kappa shape index (κ2) is 6.62. The molecule has 0 heterocycles. The van der Waals surface area contributed by atoms with Crippen LogP contribution in [-0.4, -0.2) is 13.0 Å². The first kappa shape index (κ1) is 14.7. The topological polar surface area (TPSA) is 12.0 Å². The standard InChI is InChI=1S/C17H19F2N/c1-2-20-17(16(18)19,15-11-7-4-8-12-15)13-14-9-5-3-6-10-14/h3-12,16,20H,2,13H2,1H3. The van der Waals surface area contributed by atoms with Crippen molar-refractivity contribution in [3.8, 4) is 0 Å². The van der Waals surface area contributed by atoms with Crippen LogP contribution in [-0.2, 0) is 12.0 Å². The van der Waals surface area contributed by atoms with E-state index in [0.29, 0.717) is 12.1 Å². The minimum absolute atomic E-state index is 0.267. The lowest BCUT2D eigenvalue weighted by molar-refractivity contribution is 0.0278. The molecular weight excluding hydrogens is 256 g/mol. The minimum Gasteiger partial charge on any atom is -0.303 e. The Morgan fingerprint density at radius 2 is 1.50 bits per heavy atom. The molecule has 0 saturated carbocycles. The van der Waals surface area contributed by atoms with Gasteiger partial charge in [-0.2, -0.15) is 0 Å². The predicted molar refractivity (Wildman–Crippen MR) is 77.9 cm³/mol. The van der Waals surface area contributed by atoms with E-state index in [0.717, 1.165) is 5.56 Å². The Kier molecular flexibility index (Phi) is 4.85. The van der Waals surface area contributed by atoms with Gasteiger partial charge in [-0.05, 0) is 17.7 Å². The van der Waals surface area contributed by atoms with Crippen molar-refractivity contribution in [3.63, 3.8) is 0 Å². The smallest absolute Gasteiger partial charge is 0.260 e. The molecule has 0 aromatic heterocycles. The number of hydrogen-bond donors (Lipinski definition) is 1. The number of likely N-dealkylation sites (N-methyl/N-ethyl adjacent to an activating group) is 1. The molecule has 0 fully saturated rings. The van der Waals surface area contributed by atoms with Crippen LogP contribution in [0.2, 0.25) is 0 Å². The Labute approximate surface area is 118 Å². The summed E-state index contributed by atoms with van der Waals surface area (Å²) in [6.07, 6.45) is -2.21. The third-order valence-electron chi connectivity index (χ3n) is 3.48. The summed E-state index contributed by atoms with van der Waals surface area (Å²) in [6.45, 7) is 2.34. The highest BCUT2D eigenvalue weighted by Crippen LogP contribution is 2.32. The summed E-state index contributed by atoms with van der Waals surface area (Å²) in [5, 5.41) is 3.01. The molecule has 2 aromatic carbocycles. The Hall–Kier alpha value is -1.74. The van der Waals surface area contributed by atoms with E-state index in [4.69, 9.17) is 0 Å².